The highest BCUT2D eigenvalue weighted by Crippen LogP contribution is 2.20. The van der Waals surface area contributed by atoms with E-state index in [1.54, 1.807) is 17.6 Å². The summed E-state index contributed by atoms with van der Waals surface area (Å²) in [5.41, 5.74) is 4.76. The van der Waals surface area contributed by atoms with Crippen molar-refractivity contribution in [1.29, 1.82) is 0 Å². The fourth-order valence-electron chi connectivity index (χ4n) is 3.02. The molecule has 0 bridgehead atoms. The van der Waals surface area contributed by atoms with Crippen LogP contribution < -0.4 is 4.90 Å². The minimum Gasteiger partial charge on any atom is -0.387 e. The zero-order valence-electron chi connectivity index (χ0n) is 16.7. The fourth-order valence-corrected chi connectivity index (χ4v) is 3.71. The number of thiophene rings is 1. The molecule has 0 aliphatic rings. The van der Waals surface area contributed by atoms with Gasteiger partial charge in [0.25, 0.3) is 0 Å². The number of ketones is 1. The molecule has 0 saturated carbocycles. The minimum atomic E-state index is -0.0738. The molecule has 0 unspecified atom stereocenters. The molecule has 5 nitrogen and oxygen atoms in total. The summed E-state index contributed by atoms with van der Waals surface area (Å²) in [6.07, 6.45) is 1.62. The number of hydrogen-bond acceptors (Lipinski definition) is 5. The van der Waals surface area contributed by atoms with E-state index in [0.29, 0.717) is 5.56 Å². The Kier molecular flexibility index (Phi) is 6.31. The summed E-state index contributed by atoms with van der Waals surface area (Å²) in [5, 5.41) is 6.00. The van der Waals surface area contributed by atoms with Crippen LogP contribution in [0.15, 0.2) is 53.0 Å². The number of rotatable bonds is 8. The summed E-state index contributed by atoms with van der Waals surface area (Å²) < 4.78 is 2.16. The predicted molar refractivity (Wildman–Crippen MR) is 116 cm³/mol. The number of nitrogens with zero attached hydrogens (tertiary/aromatic N) is 3. The number of carbonyl (C=O) groups is 1. The largest absolute Gasteiger partial charge is 0.387 e. The maximum absolute atomic E-state index is 12.5. The first kappa shape index (κ1) is 19.9. The van der Waals surface area contributed by atoms with Gasteiger partial charge in [0.15, 0.2) is 6.61 Å². The molecule has 3 aromatic rings. The summed E-state index contributed by atoms with van der Waals surface area (Å²) in [4.78, 5) is 21.1. The summed E-state index contributed by atoms with van der Waals surface area (Å²) in [7, 11) is 3.99. The molecule has 0 aliphatic heterocycles. The van der Waals surface area contributed by atoms with Crippen molar-refractivity contribution in [3.63, 3.8) is 0 Å². The van der Waals surface area contributed by atoms with E-state index in [9.17, 15) is 4.79 Å². The van der Waals surface area contributed by atoms with Crippen molar-refractivity contribution < 1.29 is 9.63 Å². The van der Waals surface area contributed by atoms with Crippen LogP contribution in [0.1, 0.15) is 32.2 Å². The first-order valence-corrected chi connectivity index (χ1v) is 9.98. The molecular weight excluding hydrogens is 370 g/mol. The molecule has 3 rings (SSSR count). The molecule has 0 radical (unpaired) electrons. The first-order valence-electron chi connectivity index (χ1n) is 9.10. The molecule has 0 amide bonds. The third-order valence-corrected chi connectivity index (χ3v) is 5.51. The molecule has 1 aromatic carbocycles. The highest BCUT2D eigenvalue weighted by atomic mass is 32.1. The average Bonchev–Trinajstić information content (AvgIpc) is 3.29. The molecule has 0 saturated heterocycles. The third kappa shape index (κ3) is 4.70. The Morgan fingerprint density at radius 3 is 2.61 bits per heavy atom. The Bertz CT molecular complexity index is 955. The quantitative estimate of drug-likeness (QED) is 0.320. The number of hydrogen-bond donors (Lipinski definition) is 0. The number of benzene rings is 1. The van der Waals surface area contributed by atoms with Crippen molar-refractivity contribution in [2.75, 3.05) is 25.6 Å². The van der Waals surface area contributed by atoms with E-state index >= 15 is 0 Å². The van der Waals surface area contributed by atoms with Crippen molar-refractivity contribution in [3.05, 3.63) is 75.2 Å². The molecule has 146 valence electrons. The smallest absolute Gasteiger partial charge is 0.204 e. The van der Waals surface area contributed by atoms with E-state index in [2.05, 4.69) is 21.2 Å². The number of aryl methyl sites for hydroxylation is 1. The molecule has 0 spiro atoms. The maximum atomic E-state index is 12.5. The molecule has 0 N–H and O–H groups in total. The summed E-state index contributed by atoms with van der Waals surface area (Å²) in [6, 6.07) is 14.0. The van der Waals surface area contributed by atoms with Crippen LogP contribution in [0, 0.1) is 13.8 Å². The molecule has 0 aliphatic carbocycles. The number of carbonyl (C=O) groups excluding carboxylic acids is 1. The van der Waals surface area contributed by atoms with Gasteiger partial charge < -0.3 is 14.3 Å². The number of anilines is 1. The Morgan fingerprint density at radius 2 is 1.96 bits per heavy atom. The molecule has 28 heavy (non-hydrogen) atoms. The average molecular weight is 396 g/mol. The van der Waals surface area contributed by atoms with E-state index in [4.69, 9.17) is 4.84 Å². The number of oxime groups is 1. The van der Waals surface area contributed by atoms with Crippen LogP contribution in [0.2, 0.25) is 0 Å². The van der Waals surface area contributed by atoms with Crippen molar-refractivity contribution in [2.24, 2.45) is 5.16 Å². The molecule has 2 aromatic heterocycles. The third-order valence-electron chi connectivity index (χ3n) is 4.65. The Hall–Kier alpha value is -2.86. The minimum absolute atomic E-state index is 0.0642. The molecular formula is C22H25N3O2S. The van der Waals surface area contributed by atoms with Crippen LogP contribution >= 0.6 is 11.3 Å². The maximum Gasteiger partial charge on any atom is 0.204 e. The van der Waals surface area contributed by atoms with Crippen LogP contribution in [-0.2, 0) is 11.4 Å². The van der Waals surface area contributed by atoms with Gasteiger partial charge in [0.2, 0.25) is 5.78 Å². The zero-order chi connectivity index (χ0) is 20.1. The van der Waals surface area contributed by atoms with Crippen molar-refractivity contribution in [3.8, 4) is 0 Å². The van der Waals surface area contributed by atoms with Crippen molar-refractivity contribution >= 4 is 29.0 Å². The zero-order valence-corrected chi connectivity index (χ0v) is 17.5. The second-order valence-electron chi connectivity index (χ2n) is 6.87. The molecule has 0 atom stereocenters. The van der Waals surface area contributed by atoms with Gasteiger partial charge in [-0.25, -0.2) is 0 Å². The van der Waals surface area contributed by atoms with Crippen molar-refractivity contribution in [2.45, 2.75) is 20.4 Å². The normalized spacial score (nSPS) is 11.1. The molecule has 2 heterocycles. The van der Waals surface area contributed by atoms with Gasteiger partial charge in [-0.3, -0.25) is 4.79 Å². The topological polar surface area (TPSA) is 46.8 Å². The van der Waals surface area contributed by atoms with Crippen molar-refractivity contribution in [1.82, 2.24) is 4.57 Å². The van der Waals surface area contributed by atoms with Gasteiger partial charge in [-0.05, 0) is 49.1 Å². The van der Waals surface area contributed by atoms with E-state index < -0.39 is 0 Å². The first-order chi connectivity index (χ1) is 13.5. The molecule has 6 heteroatoms. The number of Topliss-reactive ketones (excluding diaryl/α,β-unsaturated/α-hetero) is 1. The van der Waals surface area contributed by atoms with E-state index in [1.165, 1.54) is 4.88 Å². The lowest BCUT2D eigenvalue weighted by molar-refractivity contribution is 0.0778. The fraction of sp³-hybridized carbons (Fsp3) is 0.273. The Balaban J connectivity index is 1.59. The van der Waals surface area contributed by atoms with Gasteiger partial charge in [0.05, 0.1) is 12.8 Å². The van der Waals surface area contributed by atoms with E-state index in [0.717, 1.165) is 29.2 Å². The standard InChI is InChI=1S/C22H25N3O2S/c1-16-12-21(17(2)25(16)14-20-6-5-11-28-20)22(26)15-27-23-13-18-7-9-19(10-8-18)24(3)4/h5-13H,14-15H2,1-4H3/b23-13+. The Morgan fingerprint density at radius 1 is 1.21 bits per heavy atom. The molecule has 0 fully saturated rings. The van der Waals surface area contributed by atoms with Gasteiger partial charge in [-0.2, -0.15) is 0 Å². The van der Waals surface area contributed by atoms with E-state index in [-0.39, 0.29) is 12.4 Å². The van der Waals surface area contributed by atoms with Gasteiger partial charge >= 0.3 is 0 Å². The SMILES string of the molecule is Cc1cc(C(=O)CO/N=C/c2ccc(N(C)C)cc2)c(C)n1Cc1cccs1. The second-order valence-corrected chi connectivity index (χ2v) is 7.90. The highest BCUT2D eigenvalue weighted by Gasteiger charge is 2.16. The van der Waals surface area contributed by atoms with Gasteiger partial charge in [0.1, 0.15) is 0 Å². The second kappa shape index (κ2) is 8.89. The summed E-state index contributed by atoms with van der Waals surface area (Å²) >= 11 is 1.72. The van der Waals surface area contributed by atoms with Gasteiger partial charge in [-0.15, -0.1) is 11.3 Å². The van der Waals surface area contributed by atoms with Crippen LogP contribution in [0.3, 0.4) is 0 Å². The highest BCUT2D eigenvalue weighted by molar-refractivity contribution is 7.09. The number of aromatic nitrogens is 1. The van der Waals surface area contributed by atoms with Crippen LogP contribution in [0.25, 0.3) is 0 Å². The summed E-state index contributed by atoms with van der Waals surface area (Å²) in [6.45, 7) is 4.71. The lowest BCUT2D eigenvalue weighted by atomic mass is 10.1. The van der Waals surface area contributed by atoms with Gasteiger partial charge in [-0.1, -0.05) is 23.4 Å². The lowest BCUT2D eigenvalue weighted by Gasteiger charge is -2.11. The monoisotopic (exact) mass is 395 g/mol. The summed E-state index contributed by atoms with van der Waals surface area (Å²) in [5.74, 6) is -0.0642. The van der Waals surface area contributed by atoms with E-state index in [1.807, 2.05) is 69.2 Å². The van der Waals surface area contributed by atoms with Crippen LogP contribution in [-0.4, -0.2) is 37.3 Å². The van der Waals surface area contributed by atoms with Crippen LogP contribution in [0.5, 0.6) is 0 Å². The predicted octanol–water partition coefficient (Wildman–Crippen LogP) is 4.51. The Labute approximate surface area is 169 Å². The van der Waals surface area contributed by atoms with Gasteiger partial charge in [0, 0.05) is 41.6 Å². The lowest BCUT2D eigenvalue weighted by Crippen LogP contribution is -2.09. The van der Waals surface area contributed by atoms with Crippen LogP contribution in [0.4, 0.5) is 5.69 Å².